The van der Waals surface area contributed by atoms with Crippen molar-refractivity contribution in [1.29, 1.82) is 0 Å². The molecule has 2 heterocycles. The first-order valence-corrected chi connectivity index (χ1v) is 6.41. The van der Waals surface area contributed by atoms with Gasteiger partial charge in [0.25, 0.3) is 0 Å². The molecule has 0 spiro atoms. The number of nitrogen functional groups attached to an aromatic ring is 1. The Labute approximate surface area is 109 Å². The van der Waals surface area contributed by atoms with Crippen LogP contribution in [-0.2, 0) is 6.42 Å². The molecule has 0 aliphatic heterocycles. The van der Waals surface area contributed by atoms with E-state index < -0.39 is 0 Å². The number of ketones is 1. The Bertz CT molecular complexity index is 559. The molecule has 0 saturated heterocycles. The molecule has 2 aromatic rings. The van der Waals surface area contributed by atoms with Crippen LogP contribution < -0.4 is 11.5 Å². The molecule has 6 heteroatoms. The number of rotatable bonds is 4. The summed E-state index contributed by atoms with van der Waals surface area (Å²) in [5.41, 5.74) is 12.9. The lowest BCUT2D eigenvalue weighted by Gasteiger charge is -2.05. The summed E-state index contributed by atoms with van der Waals surface area (Å²) in [6.07, 6.45) is 2.27. The molecule has 2 rings (SSSR count). The van der Waals surface area contributed by atoms with Gasteiger partial charge in [-0.25, -0.2) is 9.97 Å². The first-order valence-electron chi connectivity index (χ1n) is 5.53. The first-order chi connectivity index (χ1) is 8.63. The minimum absolute atomic E-state index is 0.183. The standard InChI is InChI=1S/C12H14N4OS/c1-7-3-5-15-12(14)10(7)11(17)8-6-18-9(16-8)2-4-13/h3,5-6H,2,4,13H2,1H3,(H2,14,15). The number of thiazole rings is 1. The van der Waals surface area contributed by atoms with Gasteiger partial charge in [0.05, 0.1) is 10.6 Å². The van der Waals surface area contributed by atoms with Gasteiger partial charge in [-0.1, -0.05) is 0 Å². The van der Waals surface area contributed by atoms with Crippen molar-refractivity contribution in [3.05, 3.63) is 39.5 Å². The molecule has 5 nitrogen and oxygen atoms in total. The molecule has 0 saturated carbocycles. The smallest absolute Gasteiger partial charge is 0.216 e. The van der Waals surface area contributed by atoms with Gasteiger partial charge in [0, 0.05) is 18.0 Å². The van der Waals surface area contributed by atoms with Crippen molar-refractivity contribution in [3.8, 4) is 0 Å². The highest BCUT2D eigenvalue weighted by Crippen LogP contribution is 2.20. The topological polar surface area (TPSA) is 94.9 Å². The van der Waals surface area contributed by atoms with Crippen molar-refractivity contribution in [3.63, 3.8) is 0 Å². The Morgan fingerprint density at radius 3 is 2.94 bits per heavy atom. The van der Waals surface area contributed by atoms with E-state index in [1.807, 2.05) is 6.92 Å². The van der Waals surface area contributed by atoms with E-state index in [2.05, 4.69) is 9.97 Å². The monoisotopic (exact) mass is 262 g/mol. The molecule has 0 bridgehead atoms. The maximum absolute atomic E-state index is 12.3. The molecule has 94 valence electrons. The summed E-state index contributed by atoms with van der Waals surface area (Å²) in [7, 11) is 0. The summed E-state index contributed by atoms with van der Waals surface area (Å²) in [5.74, 6) is 0.0611. The SMILES string of the molecule is Cc1ccnc(N)c1C(=O)c1csc(CCN)n1. The predicted molar refractivity (Wildman–Crippen MR) is 71.7 cm³/mol. The van der Waals surface area contributed by atoms with Crippen molar-refractivity contribution in [1.82, 2.24) is 9.97 Å². The normalized spacial score (nSPS) is 10.6. The molecule has 0 aromatic carbocycles. The van der Waals surface area contributed by atoms with Gasteiger partial charge in [-0.05, 0) is 25.1 Å². The third kappa shape index (κ3) is 2.39. The highest BCUT2D eigenvalue weighted by atomic mass is 32.1. The van der Waals surface area contributed by atoms with Gasteiger partial charge in [0.2, 0.25) is 5.78 Å². The molecule has 0 unspecified atom stereocenters. The van der Waals surface area contributed by atoms with Crippen LogP contribution in [0.25, 0.3) is 0 Å². The Morgan fingerprint density at radius 1 is 1.50 bits per heavy atom. The van der Waals surface area contributed by atoms with Crippen LogP contribution in [0.1, 0.15) is 26.6 Å². The van der Waals surface area contributed by atoms with Gasteiger partial charge in [-0.3, -0.25) is 4.79 Å². The van der Waals surface area contributed by atoms with Gasteiger partial charge in [-0.2, -0.15) is 0 Å². The highest BCUT2D eigenvalue weighted by Gasteiger charge is 2.18. The predicted octanol–water partition coefficient (Wildman–Crippen LogP) is 1.16. The number of anilines is 1. The number of hydrogen-bond acceptors (Lipinski definition) is 6. The summed E-state index contributed by atoms with van der Waals surface area (Å²) in [6, 6.07) is 1.76. The number of nitrogens with zero attached hydrogens (tertiary/aromatic N) is 2. The lowest BCUT2D eigenvalue weighted by atomic mass is 10.0. The van der Waals surface area contributed by atoms with Gasteiger partial charge < -0.3 is 11.5 Å². The fraction of sp³-hybridized carbons (Fsp3) is 0.250. The number of carbonyl (C=O) groups is 1. The Hall–Kier alpha value is -1.79. The molecule has 2 aromatic heterocycles. The number of hydrogen-bond donors (Lipinski definition) is 2. The zero-order chi connectivity index (χ0) is 13.1. The summed E-state index contributed by atoms with van der Waals surface area (Å²) < 4.78 is 0. The van der Waals surface area contributed by atoms with E-state index >= 15 is 0 Å². The molecule has 0 fully saturated rings. The summed E-state index contributed by atoms with van der Waals surface area (Å²) in [6.45, 7) is 2.35. The minimum atomic E-state index is -0.183. The van der Waals surface area contributed by atoms with Gasteiger partial charge in [0.1, 0.15) is 11.5 Å². The van der Waals surface area contributed by atoms with Crippen molar-refractivity contribution in [2.24, 2.45) is 5.73 Å². The lowest BCUT2D eigenvalue weighted by molar-refractivity contribution is 0.103. The van der Waals surface area contributed by atoms with Crippen LogP contribution in [0.3, 0.4) is 0 Å². The van der Waals surface area contributed by atoms with Gasteiger partial charge in [-0.15, -0.1) is 11.3 Å². The van der Waals surface area contributed by atoms with Gasteiger partial charge >= 0.3 is 0 Å². The van der Waals surface area contributed by atoms with Crippen LogP contribution in [0.15, 0.2) is 17.6 Å². The molecule has 0 atom stereocenters. The second kappa shape index (κ2) is 5.24. The third-order valence-corrected chi connectivity index (χ3v) is 3.47. The van der Waals surface area contributed by atoms with E-state index in [0.29, 0.717) is 24.2 Å². The zero-order valence-electron chi connectivity index (χ0n) is 10.0. The van der Waals surface area contributed by atoms with Crippen LogP contribution in [-0.4, -0.2) is 22.3 Å². The molecular formula is C12H14N4OS. The van der Waals surface area contributed by atoms with E-state index in [-0.39, 0.29) is 11.6 Å². The molecule has 18 heavy (non-hydrogen) atoms. The highest BCUT2D eigenvalue weighted by molar-refractivity contribution is 7.09. The molecule has 0 amide bonds. The van der Waals surface area contributed by atoms with Gasteiger partial charge in [0.15, 0.2) is 0 Å². The summed E-state index contributed by atoms with van der Waals surface area (Å²) in [5, 5.41) is 2.60. The Kier molecular flexibility index (Phi) is 3.69. The van der Waals surface area contributed by atoms with Crippen molar-refractivity contribution >= 4 is 22.9 Å². The minimum Gasteiger partial charge on any atom is -0.383 e. The van der Waals surface area contributed by atoms with Crippen molar-refractivity contribution in [2.45, 2.75) is 13.3 Å². The molecule has 0 aliphatic rings. The average molecular weight is 262 g/mol. The van der Waals surface area contributed by atoms with Crippen molar-refractivity contribution in [2.75, 3.05) is 12.3 Å². The fourth-order valence-corrected chi connectivity index (χ4v) is 2.45. The second-order valence-electron chi connectivity index (χ2n) is 3.88. The quantitative estimate of drug-likeness (QED) is 0.806. The molecule has 4 N–H and O–H groups in total. The third-order valence-electron chi connectivity index (χ3n) is 2.56. The zero-order valence-corrected chi connectivity index (χ0v) is 10.8. The largest absolute Gasteiger partial charge is 0.383 e. The van der Waals surface area contributed by atoms with Crippen LogP contribution >= 0.6 is 11.3 Å². The molecular weight excluding hydrogens is 248 g/mol. The van der Waals surface area contributed by atoms with E-state index in [0.717, 1.165) is 10.6 Å². The molecule has 0 aliphatic carbocycles. The first kappa shape index (κ1) is 12.7. The van der Waals surface area contributed by atoms with E-state index in [1.165, 1.54) is 11.3 Å². The van der Waals surface area contributed by atoms with Crippen LogP contribution in [0.5, 0.6) is 0 Å². The number of nitrogens with two attached hydrogens (primary N) is 2. The Balaban J connectivity index is 2.35. The van der Waals surface area contributed by atoms with Crippen molar-refractivity contribution < 1.29 is 4.79 Å². The van der Waals surface area contributed by atoms with Crippen LogP contribution in [0.2, 0.25) is 0 Å². The second-order valence-corrected chi connectivity index (χ2v) is 4.83. The lowest BCUT2D eigenvalue weighted by Crippen LogP contribution is -2.10. The van der Waals surface area contributed by atoms with Crippen LogP contribution in [0.4, 0.5) is 5.82 Å². The number of aryl methyl sites for hydroxylation is 1. The maximum atomic E-state index is 12.3. The van der Waals surface area contributed by atoms with E-state index in [4.69, 9.17) is 11.5 Å². The fourth-order valence-electron chi connectivity index (χ4n) is 1.66. The summed E-state index contributed by atoms with van der Waals surface area (Å²) in [4.78, 5) is 20.5. The molecule has 0 radical (unpaired) electrons. The van der Waals surface area contributed by atoms with E-state index in [9.17, 15) is 4.79 Å². The van der Waals surface area contributed by atoms with E-state index in [1.54, 1.807) is 17.6 Å². The average Bonchev–Trinajstić information content (AvgIpc) is 2.78. The number of aromatic nitrogens is 2. The number of carbonyl (C=O) groups excluding carboxylic acids is 1. The Morgan fingerprint density at radius 2 is 2.28 bits per heavy atom. The number of pyridine rings is 1. The maximum Gasteiger partial charge on any atom is 0.216 e. The summed E-state index contributed by atoms with van der Waals surface area (Å²) >= 11 is 1.44. The van der Waals surface area contributed by atoms with Crippen LogP contribution in [0, 0.1) is 6.92 Å².